The summed E-state index contributed by atoms with van der Waals surface area (Å²) in [6.07, 6.45) is 14.0. The zero-order valence-corrected chi connectivity index (χ0v) is 17.1. The molecule has 0 aromatic heterocycles. The summed E-state index contributed by atoms with van der Waals surface area (Å²) in [6.45, 7) is 2.22. The van der Waals surface area contributed by atoms with Crippen LogP contribution in [-0.4, -0.2) is 35.2 Å². The highest BCUT2D eigenvalue weighted by molar-refractivity contribution is 5.84. The van der Waals surface area contributed by atoms with E-state index in [0.717, 1.165) is 19.3 Å². The normalized spacial score (nSPS) is 13.1. The highest BCUT2D eigenvalue weighted by Gasteiger charge is 2.35. The molecule has 0 rings (SSSR count). The highest BCUT2D eigenvalue weighted by atomic mass is 16.5. The molecule has 0 heterocycles. The van der Waals surface area contributed by atoms with Gasteiger partial charge in [0.05, 0.1) is 25.4 Å². The standard InChI is InChI=1S/C21H38O6/c1-3-4-5-6-7-8-9-10-11-12-13-14-15-17(20(23)24)18(21(25)26)16-19(22)27-2/h17-18H,3-16H2,1-2H3,(H,23,24)(H,25,26). The molecule has 0 bridgehead atoms. The summed E-state index contributed by atoms with van der Waals surface area (Å²) < 4.78 is 4.48. The van der Waals surface area contributed by atoms with Gasteiger partial charge in [-0.2, -0.15) is 0 Å². The molecular formula is C21H38O6. The quantitative estimate of drug-likeness (QED) is 0.253. The second-order valence-corrected chi connectivity index (χ2v) is 7.35. The second-order valence-electron chi connectivity index (χ2n) is 7.35. The van der Waals surface area contributed by atoms with E-state index in [1.165, 1.54) is 58.5 Å². The van der Waals surface area contributed by atoms with Crippen LogP contribution in [0.3, 0.4) is 0 Å². The summed E-state index contributed by atoms with van der Waals surface area (Å²) in [4.78, 5) is 34.1. The number of rotatable bonds is 18. The van der Waals surface area contributed by atoms with Gasteiger partial charge in [-0.25, -0.2) is 0 Å². The maximum Gasteiger partial charge on any atom is 0.307 e. The maximum absolute atomic E-state index is 11.4. The predicted molar refractivity (Wildman–Crippen MR) is 105 cm³/mol. The third-order valence-electron chi connectivity index (χ3n) is 5.10. The van der Waals surface area contributed by atoms with Crippen molar-refractivity contribution in [3.63, 3.8) is 0 Å². The first-order valence-electron chi connectivity index (χ1n) is 10.5. The summed E-state index contributed by atoms with van der Waals surface area (Å²) in [5.74, 6) is -5.39. The Kier molecular flexibility index (Phi) is 15.6. The van der Waals surface area contributed by atoms with Crippen LogP contribution < -0.4 is 0 Å². The van der Waals surface area contributed by atoms with Crippen LogP contribution in [0.4, 0.5) is 0 Å². The van der Waals surface area contributed by atoms with Crippen molar-refractivity contribution in [1.29, 1.82) is 0 Å². The largest absolute Gasteiger partial charge is 0.481 e. The zero-order chi connectivity index (χ0) is 20.5. The Morgan fingerprint density at radius 3 is 1.48 bits per heavy atom. The minimum atomic E-state index is -1.26. The number of unbranched alkanes of at least 4 members (excludes halogenated alkanes) is 11. The molecule has 0 aliphatic carbocycles. The first-order chi connectivity index (χ1) is 12.9. The van der Waals surface area contributed by atoms with E-state index in [-0.39, 0.29) is 6.42 Å². The van der Waals surface area contributed by atoms with Gasteiger partial charge >= 0.3 is 17.9 Å². The molecule has 0 saturated carbocycles. The van der Waals surface area contributed by atoms with Crippen molar-refractivity contribution in [3.05, 3.63) is 0 Å². The fourth-order valence-corrected chi connectivity index (χ4v) is 3.37. The Hall–Kier alpha value is -1.59. The van der Waals surface area contributed by atoms with Crippen molar-refractivity contribution >= 4 is 17.9 Å². The highest BCUT2D eigenvalue weighted by Crippen LogP contribution is 2.24. The summed E-state index contributed by atoms with van der Waals surface area (Å²) >= 11 is 0. The molecule has 2 unspecified atom stereocenters. The van der Waals surface area contributed by atoms with Gasteiger partial charge in [0.25, 0.3) is 0 Å². The third kappa shape index (κ3) is 13.3. The van der Waals surface area contributed by atoms with Crippen LogP contribution in [0.1, 0.15) is 96.8 Å². The van der Waals surface area contributed by atoms with Gasteiger partial charge in [0.15, 0.2) is 0 Å². The van der Waals surface area contributed by atoms with Gasteiger partial charge in [0.1, 0.15) is 0 Å². The first kappa shape index (κ1) is 25.4. The van der Waals surface area contributed by atoms with Crippen molar-refractivity contribution in [1.82, 2.24) is 0 Å². The van der Waals surface area contributed by atoms with Crippen molar-refractivity contribution in [2.75, 3.05) is 7.11 Å². The molecule has 27 heavy (non-hydrogen) atoms. The van der Waals surface area contributed by atoms with E-state index < -0.39 is 36.2 Å². The number of aliphatic carboxylic acids is 2. The number of ether oxygens (including phenoxy) is 1. The van der Waals surface area contributed by atoms with E-state index in [2.05, 4.69) is 11.7 Å². The average Bonchev–Trinajstić information content (AvgIpc) is 2.63. The number of esters is 1. The monoisotopic (exact) mass is 386 g/mol. The lowest BCUT2D eigenvalue weighted by molar-refractivity contribution is -0.158. The van der Waals surface area contributed by atoms with Crippen LogP contribution in [-0.2, 0) is 19.1 Å². The Labute approximate surface area is 163 Å². The lowest BCUT2D eigenvalue weighted by Crippen LogP contribution is -2.32. The van der Waals surface area contributed by atoms with Gasteiger partial charge in [0.2, 0.25) is 0 Å². The number of carboxylic acids is 2. The number of carbonyl (C=O) groups is 3. The van der Waals surface area contributed by atoms with Gasteiger partial charge in [-0.15, -0.1) is 0 Å². The lowest BCUT2D eigenvalue weighted by atomic mass is 9.85. The van der Waals surface area contributed by atoms with Crippen LogP contribution in [0.15, 0.2) is 0 Å². The molecule has 0 fully saturated rings. The smallest absolute Gasteiger partial charge is 0.307 e. The SMILES string of the molecule is CCCCCCCCCCCCCCC(C(=O)O)C(CC(=O)OC)C(=O)O. The average molecular weight is 387 g/mol. The van der Waals surface area contributed by atoms with Crippen molar-refractivity contribution in [2.24, 2.45) is 11.8 Å². The first-order valence-corrected chi connectivity index (χ1v) is 10.5. The summed E-state index contributed by atoms with van der Waals surface area (Å²) in [5, 5.41) is 18.6. The predicted octanol–water partition coefficient (Wildman–Crippen LogP) is 5.04. The molecule has 0 saturated heterocycles. The van der Waals surface area contributed by atoms with E-state index in [9.17, 15) is 24.6 Å². The molecule has 2 atom stereocenters. The molecule has 2 N–H and O–H groups in total. The zero-order valence-electron chi connectivity index (χ0n) is 17.1. The second kappa shape index (κ2) is 16.6. The van der Waals surface area contributed by atoms with Gasteiger partial charge < -0.3 is 14.9 Å². The molecular weight excluding hydrogens is 348 g/mol. The van der Waals surface area contributed by atoms with E-state index in [4.69, 9.17) is 0 Å². The van der Waals surface area contributed by atoms with E-state index in [1.807, 2.05) is 0 Å². The molecule has 158 valence electrons. The fourth-order valence-electron chi connectivity index (χ4n) is 3.37. The molecule has 0 aromatic rings. The summed E-state index contributed by atoms with van der Waals surface area (Å²) in [7, 11) is 1.17. The van der Waals surface area contributed by atoms with E-state index >= 15 is 0 Å². The van der Waals surface area contributed by atoms with Crippen molar-refractivity contribution in [3.8, 4) is 0 Å². The molecule has 0 aromatic carbocycles. The van der Waals surface area contributed by atoms with Gasteiger partial charge in [-0.3, -0.25) is 14.4 Å². The van der Waals surface area contributed by atoms with Crippen LogP contribution in [0.25, 0.3) is 0 Å². The van der Waals surface area contributed by atoms with Crippen molar-refractivity contribution in [2.45, 2.75) is 96.8 Å². The Bertz CT molecular complexity index is 421. The molecule has 0 radical (unpaired) electrons. The molecule has 0 spiro atoms. The van der Waals surface area contributed by atoms with Gasteiger partial charge in [0, 0.05) is 0 Å². The number of hydrogen-bond acceptors (Lipinski definition) is 4. The number of methoxy groups -OCH3 is 1. The molecule has 0 aliphatic heterocycles. The minimum Gasteiger partial charge on any atom is -0.481 e. The van der Waals surface area contributed by atoms with Gasteiger partial charge in [-0.1, -0.05) is 84.0 Å². The number of carbonyl (C=O) groups excluding carboxylic acids is 1. The third-order valence-corrected chi connectivity index (χ3v) is 5.10. The van der Waals surface area contributed by atoms with E-state index in [0.29, 0.717) is 6.42 Å². The van der Waals surface area contributed by atoms with Crippen LogP contribution in [0, 0.1) is 11.8 Å². The number of carboxylic acid groups (broad SMARTS) is 2. The Morgan fingerprint density at radius 2 is 1.11 bits per heavy atom. The van der Waals surface area contributed by atoms with Gasteiger partial charge in [-0.05, 0) is 6.42 Å². The molecule has 0 amide bonds. The van der Waals surface area contributed by atoms with Crippen molar-refractivity contribution < 1.29 is 29.3 Å². The molecule has 6 nitrogen and oxygen atoms in total. The molecule has 0 aliphatic rings. The minimum absolute atomic E-state index is 0.278. The van der Waals surface area contributed by atoms with Crippen LogP contribution in [0.5, 0.6) is 0 Å². The molecule has 6 heteroatoms. The maximum atomic E-state index is 11.4. The number of hydrogen-bond donors (Lipinski definition) is 2. The Balaban J connectivity index is 3.94. The fraction of sp³-hybridized carbons (Fsp3) is 0.857. The summed E-state index contributed by atoms with van der Waals surface area (Å²) in [6, 6.07) is 0. The van der Waals surface area contributed by atoms with E-state index in [1.54, 1.807) is 0 Å². The van der Waals surface area contributed by atoms with Crippen LogP contribution >= 0.6 is 0 Å². The van der Waals surface area contributed by atoms with Crippen LogP contribution in [0.2, 0.25) is 0 Å². The lowest BCUT2D eigenvalue weighted by Gasteiger charge is -2.19. The Morgan fingerprint density at radius 1 is 0.704 bits per heavy atom. The topological polar surface area (TPSA) is 101 Å². The summed E-state index contributed by atoms with van der Waals surface area (Å²) in [5.41, 5.74) is 0.